The normalized spacial score (nSPS) is 21.2. The molecule has 0 aliphatic carbocycles. The number of rotatable bonds is 3. The van der Waals surface area contributed by atoms with Gasteiger partial charge in [-0.2, -0.15) is 0 Å². The van der Waals surface area contributed by atoms with Crippen molar-refractivity contribution in [2.24, 2.45) is 11.1 Å². The topological polar surface area (TPSA) is 53.9 Å². The van der Waals surface area contributed by atoms with E-state index in [-0.39, 0.29) is 23.6 Å². The highest BCUT2D eigenvalue weighted by Gasteiger charge is 2.45. The van der Waals surface area contributed by atoms with E-state index >= 15 is 0 Å². The lowest BCUT2D eigenvalue weighted by atomic mass is 9.94. The standard InChI is InChI=1S/C19H17ClFN3O2/c20-14-7-4-8-15(21)17(14)18-13-10-24(11-16(13)26-23-18)19(25)22-9-12-5-2-1-3-6-12/h1-8,13,16H,9-11H2,(H,22,25). The molecule has 2 aromatic rings. The van der Waals surface area contributed by atoms with Crippen molar-refractivity contribution in [3.05, 3.63) is 70.5 Å². The summed E-state index contributed by atoms with van der Waals surface area (Å²) in [6.07, 6.45) is -0.275. The van der Waals surface area contributed by atoms with Gasteiger partial charge in [0.1, 0.15) is 11.5 Å². The molecule has 2 aliphatic rings. The third-order valence-corrected chi connectivity index (χ3v) is 5.01. The molecule has 2 atom stereocenters. The van der Waals surface area contributed by atoms with Crippen molar-refractivity contribution >= 4 is 23.3 Å². The van der Waals surface area contributed by atoms with Gasteiger partial charge in [-0.15, -0.1) is 0 Å². The van der Waals surface area contributed by atoms with Crippen LogP contribution >= 0.6 is 11.6 Å². The number of hydrogen-bond acceptors (Lipinski definition) is 3. The number of urea groups is 1. The summed E-state index contributed by atoms with van der Waals surface area (Å²) in [6.45, 7) is 1.27. The summed E-state index contributed by atoms with van der Waals surface area (Å²) in [5, 5.41) is 7.22. The number of halogens is 2. The van der Waals surface area contributed by atoms with Gasteiger partial charge in [0.2, 0.25) is 0 Å². The predicted octanol–water partition coefficient (Wildman–Crippen LogP) is 3.42. The van der Waals surface area contributed by atoms with Gasteiger partial charge < -0.3 is 15.1 Å². The van der Waals surface area contributed by atoms with Crippen molar-refractivity contribution in [3.63, 3.8) is 0 Å². The highest BCUT2D eigenvalue weighted by atomic mass is 35.5. The molecule has 1 fully saturated rings. The smallest absolute Gasteiger partial charge is 0.317 e. The summed E-state index contributed by atoms with van der Waals surface area (Å²) in [5.41, 5.74) is 1.75. The first-order valence-electron chi connectivity index (χ1n) is 8.38. The van der Waals surface area contributed by atoms with Gasteiger partial charge in [-0.25, -0.2) is 9.18 Å². The Morgan fingerprint density at radius 1 is 1.23 bits per heavy atom. The maximum Gasteiger partial charge on any atom is 0.317 e. The van der Waals surface area contributed by atoms with Crippen LogP contribution < -0.4 is 5.32 Å². The molecule has 2 unspecified atom stereocenters. The molecule has 0 saturated carbocycles. The Kier molecular flexibility index (Phi) is 4.51. The molecule has 26 heavy (non-hydrogen) atoms. The molecule has 4 rings (SSSR count). The van der Waals surface area contributed by atoms with E-state index in [1.807, 2.05) is 30.3 Å². The first-order valence-corrected chi connectivity index (χ1v) is 8.76. The second kappa shape index (κ2) is 6.96. The maximum atomic E-state index is 14.2. The van der Waals surface area contributed by atoms with Crippen LogP contribution in [0.1, 0.15) is 11.1 Å². The van der Waals surface area contributed by atoms with Crippen LogP contribution in [0.2, 0.25) is 5.02 Å². The van der Waals surface area contributed by atoms with Crippen LogP contribution in [0, 0.1) is 11.7 Å². The Labute approximate surface area is 155 Å². The minimum Gasteiger partial charge on any atom is -0.390 e. The number of amides is 2. The zero-order valence-corrected chi connectivity index (χ0v) is 14.6. The number of nitrogens with zero attached hydrogens (tertiary/aromatic N) is 2. The van der Waals surface area contributed by atoms with Crippen LogP contribution in [0.4, 0.5) is 9.18 Å². The number of fused-ring (bicyclic) bond motifs is 1. The van der Waals surface area contributed by atoms with Gasteiger partial charge in [0.15, 0.2) is 6.10 Å². The third kappa shape index (κ3) is 3.12. The zero-order chi connectivity index (χ0) is 18.1. The van der Waals surface area contributed by atoms with Gasteiger partial charge in [-0.3, -0.25) is 0 Å². The van der Waals surface area contributed by atoms with Crippen LogP contribution in [0.25, 0.3) is 0 Å². The quantitative estimate of drug-likeness (QED) is 0.896. The summed E-state index contributed by atoms with van der Waals surface area (Å²) >= 11 is 6.15. The number of hydrogen-bond donors (Lipinski definition) is 1. The van der Waals surface area contributed by atoms with Crippen LogP contribution in [-0.2, 0) is 11.4 Å². The molecule has 7 heteroatoms. The number of oxime groups is 1. The summed E-state index contributed by atoms with van der Waals surface area (Å²) in [6, 6.07) is 14.0. The van der Waals surface area contributed by atoms with Gasteiger partial charge in [0.05, 0.1) is 23.0 Å². The average Bonchev–Trinajstić information content (AvgIpc) is 3.22. The van der Waals surface area contributed by atoms with Crippen molar-refractivity contribution in [2.75, 3.05) is 13.1 Å². The van der Waals surface area contributed by atoms with Crippen LogP contribution in [-0.4, -0.2) is 35.8 Å². The lowest BCUT2D eigenvalue weighted by Gasteiger charge is -2.18. The van der Waals surface area contributed by atoms with Crippen molar-refractivity contribution in [1.29, 1.82) is 0 Å². The molecule has 2 heterocycles. The first kappa shape index (κ1) is 16.8. The van der Waals surface area contributed by atoms with Gasteiger partial charge in [-0.1, -0.05) is 53.2 Å². The summed E-state index contributed by atoms with van der Waals surface area (Å²) < 4.78 is 14.2. The second-order valence-corrected chi connectivity index (χ2v) is 6.78. The third-order valence-electron chi connectivity index (χ3n) is 4.70. The van der Waals surface area contributed by atoms with Crippen molar-refractivity contribution in [2.45, 2.75) is 12.6 Å². The zero-order valence-electron chi connectivity index (χ0n) is 13.9. The van der Waals surface area contributed by atoms with Crippen molar-refractivity contribution < 1.29 is 14.0 Å². The minimum atomic E-state index is -0.438. The van der Waals surface area contributed by atoms with Crippen molar-refractivity contribution in [1.82, 2.24) is 10.2 Å². The monoisotopic (exact) mass is 373 g/mol. The van der Waals surface area contributed by atoms with E-state index in [4.69, 9.17) is 16.4 Å². The van der Waals surface area contributed by atoms with Gasteiger partial charge >= 0.3 is 6.03 Å². The van der Waals surface area contributed by atoms with Crippen LogP contribution in [0.15, 0.2) is 53.7 Å². The van der Waals surface area contributed by atoms with Crippen LogP contribution in [0.3, 0.4) is 0 Å². The number of carbonyl (C=O) groups is 1. The lowest BCUT2D eigenvalue weighted by Crippen LogP contribution is -2.39. The first-order chi connectivity index (χ1) is 12.6. The highest BCUT2D eigenvalue weighted by molar-refractivity contribution is 6.34. The fourth-order valence-electron chi connectivity index (χ4n) is 3.36. The Hall–Kier alpha value is -2.60. The molecular weight excluding hydrogens is 357 g/mol. The Morgan fingerprint density at radius 2 is 2.04 bits per heavy atom. The molecule has 134 valence electrons. The van der Waals surface area contributed by atoms with E-state index in [1.165, 1.54) is 6.07 Å². The maximum absolute atomic E-state index is 14.2. The Morgan fingerprint density at radius 3 is 2.81 bits per heavy atom. The second-order valence-electron chi connectivity index (χ2n) is 6.37. The summed E-state index contributed by atoms with van der Waals surface area (Å²) in [5.74, 6) is -0.626. The molecule has 2 aromatic carbocycles. The molecular formula is C19H17ClFN3O2. The summed E-state index contributed by atoms with van der Waals surface area (Å²) in [7, 11) is 0. The van der Waals surface area contributed by atoms with E-state index in [2.05, 4.69) is 10.5 Å². The molecule has 0 radical (unpaired) electrons. The molecule has 1 N–H and O–H groups in total. The molecule has 0 spiro atoms. The number of nitrogens with one attached hydrogen (secondary N) is 1. The molecule has 2 aliphatic heterocycles. The Bertz CT molecular complexity index is 839. The fraction of sp³-hybridized carbons (Fsp3) is 0.263. The molecule has 0 aromatic heterocycles. The van der Waals surface area contributed by atoms with Crippen molar-refractivity contribution in [3.8, 4) is 0 Å². The van der Waals surface area contributed by atoms with E-state index in [9.17, 15) is 9.18 Å². The van der Waals surface area contributed by atoms with Gasteiger partial charge in [0, 0.05) is 13.1 Å². The fourth-order valence-corrected chi connectivity index (χ4v) is 3.62. The predicted molar refractivity (Wildman–Crippen MR) is 96.6 cm³/mol. The number of likely N-dealkylation sites (tertiary alicyclic amines) is 1. The highest BCUT2D eigenvalue weighted by Crippen LogP contribution is 2.33. The SMILES string of the molecule is O=C(NCc1ccccc1)N1CC2ON=C(c3c(F)cccc3Cl)C2C1. The van der Waals surface area contributed by atoms with E-state index < -0.39 is 5.82 Å². The van der Waals surface area contributed by atoms with E-state index in [1.54, 1.807) is 17.0 Å². The largest absolute Gasteiger partial charge is 0.390 e. The summed E-state index contributed by atoms with van der Waals surface area (Å²) in [4.78, 5) is 19.6. The number of carbonyl (C=O) groups excluding carboxylic acids is 1. The Balaban J connectivity index is 1.43. The molecule has 0 bridgehead atoms. The average molecular weight is 374 g/mol. The number of benzene rings is 2. The van der Waals surface area contributed by atoms with E-state index in [0.717, 1.165) is 5.56 Å². The molecule has 1 saturated heterocycles. The van der Waals surface area contributed by atoms with Gasteiger partial charge in [0.25, 0.3) is 0 Å². The van der Waals surface area contributed by atoms with Gasteiger partial charge in [-0.05, 0) is 17.7 Å². The van der Waals surface area contributed by atoms with E-state index in [0.29, 0.717) is 30.4 Å². The minimum absolute atomic E-state index is 0.175. The molecule has 2 amide bonds. The lowest BCUT2D eigenvalue weighted by molar-refractivity contribution is 0.0773. The van der Waals surface area contributed by atoms with Crippen LogP contribution in [0.5, 0.6) is 0 Å². The molecule has 5 nitrogen and oxygen atoms in total.